The van der Waals surface area contributed by atoms with Crippen molar-refractivity contribution in [3.63, 3.8) is 0 Å². The SMILES string of the molecule is N#Cc1cccc(Cc2nc(C(=O)N[C@H]3C(=O)Nc4c(F)cc(F)cc4C4C[C@H]43)n[nH]2)c1. The van der Waals surface area contributed by atoms with Crippen molar-refractivity contribution in [2.75, 3.05) is 5.32 Å². The van der Waals surface area contributed by atoms with E-state index >= 15 is 0 Å². The molecule has 1 saturated carbocycles. The molecule has 3 atom stereocenters. The second-order valence-electron chi connectivity index (χ2n) is 7.89. The number of aromatic amines is 1. The number of carbonyl (C=O) groups is 2. The average molecular weight is 434 g/mol. The van der Waals surface area contributed by atoms with Crippen LogP contribution in [0.5, 0.6) is 0 Å². The largest absolute Gasteiger partial charge is 0.337 e. The molecule has 1 aromatic heterocycles. The van der Waals surface area contributed by atoms with Crippen LogP contribution in [0.15, 0.2) is 36.4 Å². The molecular weight excluding hydrogens is 418 g/mol. The number of nitriles is 1. The summed E-state index contributed by atoms with van der Waals surface area (Å²) < 4.78 is 27.8. The monoisotopic (exact) mass is 434 g/mol. The zero-order valence-electron chi connectivity index (χ0n) is 16.5. The van der Waals surface area contributed by atoms with Crippen molar-refractivity contribution in [1.82, 2.24) is 20.5 Å². The summed E-state index contributed by atoms with van der Waals surface area (Å²) >= 11 is 0. The maximum Gasteiger partial charge on any atom is 0.291 e. The summed E-state index contributed by atoms with van der Waals surface area (Å²) in [5, 5.41) is 20.7. The van der Waals surface area contributed by atoms with Gasteiger partial charge in [0.05, 0.1) is 17.3 Å². The normalized spacial score (nSPS) is 20.9. The van der Waals surface area contributed by atoms with E-state index in [0.29, 0.717) is 29.8 Å². The van der Waals surface area contributed by atoms with E-state index in [1.807, 2.05) is 6.07 Å². The lowest BCUT2D eigenvalue weighted by atomic mass is 10.1. The van der Waals surface area contributed by atoms with Crippen LogP contribution in [0, 0.1) is 28.9 Å². The number of aromatic nitrogens is 3. The molecule has 1 fully saturated rings. The first-order valence-corrected chi connectivity index (χ1v) is 9.94. The van der Waals surface area contributed by atoms with Crippen LogP contribution in [0.1, 0.15) is 45.5 Å². The number of rotatable bonds is 4. The van der Waals surface area contributed by atoms with Gasteiger partial charge in [-0.3, -0.25) is 14.7 Å². The van der Waals surface area contributed by atoms with Crippen molar-refractivity contribution in [1.29, 1.82) is 5.26 Å². The molecule has 1 aliphatic carbocycles. The molecule has 3 aromatic rings. The van der Waals surface area contributed by atoms with Gasteiger partial charge in [0, 0.05) is 12.5 Å². The lowest BCUT2D eigenvalue weighted by Gasteiger charge is -2.15. The number of hydrogen-bond donors (Lipinski definition) is 3. The molecule has 1 unspecified atom stereocenters. The maximum atomic E-state index is 14.2. The molecule has 0 bridgehead atoms. The number of hydrogen-bond acceptors (Lipinski definition) is 5. The molecule has 160 valence electrons. The summed E-state index contributed by atoms with van der Waals surface area (Å²) in [5.74, 6) is -2.99. The lowest BCUT2D eigenvalue weighted by Crippen LogP contribution is -2.45. The van der Waals surface area contributed by atoms with E-state index in [9.17, 15) is 18.4 Å². The third-order valence-electron chi connectivity index (χ3n) is 5.73. The summed E-state index contributed by atoms with van der Waals surface area (Å²) in [6.45, 7) is 0. The minimum atomic E-state index is -0.920. The van der Waals surface area contributed by atoms with Gasteiger partial charge in [0.25, 0.3) is 5.91 Å². The van der Waals surface area contributed by atoms with Crippen molar-refractivity contribution >= 4 is 17.5 Å². The first-order valence-electron chi connectivity index (χ1n) is 9.94. The Kier molecular flexibility index (Phi) is 4.66. The van der Waals surface area contributed by atoms with Gasteiger partial charge < -0.3 is 10.6 Å². The van der Waals surface area contributed by atoms with Crippen LogP contribution in [0.4, 0.5) is 14.5 Å². The fraction of sp³-hybridized carbons (Fsp3) is 0.227. The summed E-state index contributed by atoms with van der Waals surface area (Å²) in [4.78, 5) is 29.5. The predicted octanol–water partition coefficient (Wildman–Crippen LogP) is 2.40. The quantitative estimate of drug-likeness (QED) is 0.582. The number of carbonyl (C=O) groups excluding carboxylic acids is 2. The highest BCUT2D eigenvalue weighted by Gasteiger charge is 2.51. The Bertz CT molecular complexity index is 1300. The average Bonchev–Trinajstić information content (AvgIpc) is 3.44. The molecule has 8 nitrogen and oxygen atoms in total. The van der Waals surface area contributed by atoms with Crippen LogP contribution >= 0.6 is 0 Å². The van der Waals surface area contributed by atoms with E-state index < -0.39 is 29.5 Å². The highest BCUT2D eigenvalue weighted by Crippen LogP contribution is 2.54. The van der Waals surface area contributed by atoms with Gasteiger partial charge in [0.1, 0.15) is 23.5 Å². The molecule has 5 rings (SSSR count). The van der Waals surface area contributed by atoms with E-state index in [2.05, 4.69) is 31.9 Å². The molecule has 3 N–H and O–H groups in total. The topological polar surface area (TPSA) is 124 Å². The number of benzene rings is 2. The molecule has 1 aliphatic heterocycles. The molecule has 10 heteroatoms. The third kappa shape index (κ3) is 3.58. The Morgan fingerprint density at radius 3 is 2.94 bits per heavy atom. The number of anilines is 1. The highest BCUT2D eigenvalue weighted by molar-refractivity contribution is 6.01. The van der Waals surface area contributed by atoms with Crippen LogP contribution < -0.4 is 10.6 Å². The van der Waals surface area contributed by atoms with Gasteiger partial charge in [-0.25, -0.2) is 13.8 Å². The van der Waals surface area contributed by atoms with Gasteiger partial charge in [-0.15, -0.1) is 5.10 Å². The van der Waals surface area contributed by atoms with E-state index in [1.165, 1.54) is 6.07 Å². The number of H-pyrrole nitrogens is 1. The first-order chi connectivity index (χ1) is 15.4. The van der Waals surface area contributed by atoms with Crippen LogP contribution in [0.25, 0.3) is 0 Å². The van der Waals surface area contributed by atoms with E-state index in [0.717, 1.165) is 11.6 Å². The van der Waals surface area contributed by atoms with Crippen LogP contribution in [0.3, 0.4) is 0 Å². The van der Waals surface area contributed by atoms with Gasteiger partial charge in [0.15, 0.2) is 0 Å². The summed E-state index contributed by atoms with van der Waals surface area (Å²) in [6.07, 6.45) is 0.868. The zero-order chi connectivity index (χ0) is 22.4. The van der Waals surface area contributed by atoms with Crippen molar-refractivity contribution in [3.05, 3.63) is 76.4 Å². The van der Waals surface area contributed by atoms with Gasteiger partial charge in [-0.1, -0.05) is 12.1 Å². The van der Waals surface area contributed by atoms with Crippen molar-refractivity contribution in [2.24, 2.45) is 5.92 Å². The fourth-order valence-electron chi connectivity index (χ4n) is 4.15. The summed E-state index contributed by atoms with van der Waals surface area (Å²) in [7, 11) is 0. The number of fused-ring (bicyclic) bond motifs is 3. The van der Waals surface area contributed by atoms with Gasteiger partial charge >= 0.3 is 0 Å². The molecule has 2 aliphatic rings. The summed E-state index contributed by atoms with van der Waals surface area (Å²) in [6, 6.07) is 10.1. The standard InChI is InChI=1S/C22H16F2N6O2/c23-12-6-14-13-8-15(13)19(21(31)27-18(14)16(24)7-12)28-22(32)20-26-17(29-30-20)5-10-2-1-3-11(4-10)9-25/h1-4,6-7,13,15,19H,5,8H2,(H,27,31)(H,28,32)(H,26,29,30)/t13?,15-,19-/m1/s1. The van der Waals surface area contributed by atoms with Crippen molar-refractivity contribution in [3.8, 4) is 6.07 Å². The number of amides is 2. The molecule has 32 heavy (non-hydrogen) atoms. The molecule has 2 aromatic carbocycles. The van der Waals surface area contributed by atoms with E-state index in [-0.39, 0.29) is 23.3 Å². The molecule has 2 heterocycles. The lowest BCUT2D eigenvalue weighted by molar-refractivity contribution is -0.118. The van der Waals surface area contributed by atoms with Gasteiger partial charge in [-0.2, -0.15) is 5.26 Å². The summed E-state index contributed by atoms with van der Waals surface area (Å²) in [5.41, 5.74) is 1.69. The molecule has 0 radical (unpaired) electrons. The highest BCUT2D eigenvalue weighted by atomic mass is 19.1. The zero-order valence-corrected chi connectivity index (χ0v) is 16.5. The Balaban J connectivity index is 1.30. The van der Waals surface area contributed by atoms with Crippen LogP contribution in [-0.2, 0) is 11.2 Å². The maximum absolute atomic E-state index is 14.2. The second kappa shape index (κ2) is 7.53. The van der Waals surface area contributed by atoms with Gasteiger partial charge in [0.2, 0.25) is 11.7 Å². The predicted molar refractivity (Wildman–Crippen MR) is 107 cm³/mol. The smallest absolute Gasteiger partial charge is 0.291 e. The van der Waals surface area contributed by atoms with E-state index in [1.54, 1.807) is 18.2 Å². The number of nitrogens with zero attached hydrogens (tertiary/aromatic N) is 3. The first kappa shape index (κ1) is 19.8. The minimum Gasteiger partial charge on any atom is -0.337 e. The Hall–Kier alpha value is -4.13. The Labute approximate surface area is 180 Å². The molecule has 0 saturated heterocycles. The van der Waals surface area contributed by atoms with Crippen molar-refractivity contribution < 1.29 is 18.4 Å². The number of halogens is 2. The van der Waals surface area contributed by atoms with Gasteiger partial charge in [-0.05, 0) is 47.6 Å². The van der Waals surface area contributed by atoms with Crippen molar-refractivity contribution in [2.45, 2.75) is 24.8 Å². The number of nitrogens with one attached hydrogen (secondary N) is 3. The van der Waals surface area contributed by atoms with E-state index in [4.69, 9.17) is 5.26 Å². The van der Waals surface area contributed by atoms with Crippen LogP contribution in [-0.4, -0.2) is 33.0 Å². The molecular formula is C22H16F2N6O2. The Morgan fingerprint density at radius 1 is 1.28 bits per heavy atom. The second-order valence-corrected chi connectivity index (χ2v) is 7.89. The minimum absolute atomic E-state index is 0.0413. The molecule has 0 spiro atoms. The fourth-order valence-corrected chi connectivity index (χ4v) is 4.15. The third-order valence-corrected chi connectivity index (χ3v) is 5.73. The Morgan fingerprint density at radius 2 is 2.12 bits per heavy atom. The molecule has 2 amide bonds. The van der Waals surface area contributed by atoms with Crippen LogP contribution in [0.2, 0.25) is 0 Å².